The lowest BCUT2D eigenvalue weighted by atomic mass is 9.96. The first-order valence-corrected chi connectivity index (χ1v) is 6.03. The van der Waals surface area contributed by atoms with Gasteiger partial charge < -0.3 is 5.11 Å². The molecule has 110 valence electrons. The van der Waals surface area contributed by atoms with Gasteiger partial charge in [0, 0.05) is 18.1 Å². The van der Waals surface area contributed by atoms with Crippen molar-refractivity contribution in [1.82, 2.24) is 0 Å². The van der Waals surface area contributed by atoms with Gasteiger partial charge in [-0.1, -0.05) is 20.8 Å². The number of hydrogen-bond acceptors (Lipinski definition) is 4. The Hall–Kier alpha value is -2.31. The van der Waals surface area contributed by atoms with Crippen LogP contribution >= 0.6 is 0 Å². The van der Waals surface area contributed by atoms with Gasteiger partial charge in [0.25, 0.3) is 5.69 Å². The number of aliphatic carboxylic acids is 1. The van der Waals surface area contributed by atoms with Crippen molar-refractivity contribution in [3.05, 3.63) is 39.7 Å². The van der Waals surface area contributed by atoms with E-state index in [0.717, 1.165) is 18.2 Å². The topological polar surface area (TPSA) is 97.5 Å². The maximum Gasteiger partial charge on any atom is 0.304 e. The molecular weight excluding hydrogens is 269 g/mol. The van der Waals surface area contributed by atoms with E-state index in [1.807, 2.05) is 13.8 Å². The van der Waals surface area contributed by atoms with Crippen LogP contribution in [0.15, 0.2) is 18.2 Å². The smallest absolute Gasteiger partial charge is 0.304 e. The largest absolute Gasteiger partial charge is 0.481 e. The minimum Gasteiger partial charge on any atom is -0.481 e. The number of nitro benzene ring substituents is 1. The molecule has 1 atom stereocenters. The van der Waals surface area contributed by atoms with Gasteiger partial charge in [0.05, 0.1) is 16.9 Å². The summed E-state index contributed by atoms with van der Waals surface area (Å²) in [5.41, 5.74) is -0.875. The van der Waals surface area contributed by atoms with Crippen LogP contribution < -0.4 is 0 Å². The van der Waals surface area contributed by atoms with Crippen LogP contribution in [0.25, 0.3) is 0 Å². The summed E-state index contributed by atoms with van der Waals surface area (Å²) in [4.78, 5) is 32.0. The van der Waals surface area contributed by atoms with Crippen LogP contribution in [-0.2, 0) is 4.79 Å². The summed E-state index contributed by atoms with van der Waals surface area (Å²) in [7, 11) is 0. The van der Waals surface area contributed by atoms with Gasteiger partial charge in [-0.3, -0.25) is 19.7 Å². The molecule has 0 heterocycles. The van der Waals surface area contributed by atoms with Crippen molar-refractivity contribution in [3.8, 4) is 0 Å². The van der Waals surface area contributed by atoms with Crippen LogP contribution in [0.4, 0.5) is 10.1 Å². The molecule has 1 N–H and O–H groups in total. The molecule has 0 bridgehead atoms. The highest BCUT2D eigenvalue weighted by Gasteiger charge is 2.23. The summed E-state index contributed by atoms with van der Waals surface area (Å²) in [6.45, 7) is 5.33. The Kier molecular flexibility index (Phi) is 7.06. The Morgan fingerprint density at radius 1 is 1.40 bits per heavy atom. The number of hydrogen-bond donors (Lipinski definition) is 1. The average molecular weight is 285 g/mol. The number of nitrogens with zero attached hydrogens (tertiary/aromatic N) is 1. The fraction of sp³-hybridized carbons (Fsp3) is 0.385. The maximum absolute atomic E-state index is 13.4. The van der Waals surface area contributed by atoms with Gasteiger partial charge in [-0.2, -0.15) is 0 Å². The van der Waals surface area contributed by atoms with Crippen molar-refractivity contribution < 1.29 is 24.0 Å². The second-order valence-corrected chi connectivity index (χ2v) is 3.78. The van der Waals surface area contributed by atoms with E-state index in [4.69, 9.17) is 5.11 Å². The summed E-state index contributed by atoms with van der Waals surface area (Å²) < 4.78 is 13.4. The first-order valence-electron chi connectivity index (χ1n) is 6.03. The number of Topliss-reactive ketones (excluding diaryl/α,β-unsaturated/α-hetero) is 1. The third-order valence-corrected chi connectivity index (χ3v) is 2.35. The van der Waals surface area contributed by atoms with Crippen molar-refractivity contribution in [3.63, 3.8) is 0 Å². The number of benzene rings is 1. The monoisotopic (exact) mass is 285 g/mol. The van der Waals surface area contributed by atoms with Crippen LogP contribution in [0.5, 0.6) is 0 Å². The van der Waals surface area contributed by atoms with Crippen molar-refractivity contribution in [2.24, 2.45) is 5.92 Å². The van der Waals surface area contributed by atoms with E-state index >= 15 is 0 Å². The van der Waals surface area contributed by atoms with Gasteiger partial charge >= 0.3 is 5.97 Å². The van der Waals surface area contributed by atoms with Gasteiger partial charge in [0.2, 0.25) is 0 Å². The molecule has 20 heavy (non-hydrogen) atoms. The molecule has 0 aliphatic rings. The summed E-state index contributed by atoms with van der Waals surface area (Å²) in [5, 5.41) is 19.0. The summed E-state index contributed by atoms with van der Waals surface area (Å²) >= 11 is 0. The molecule has 0 aliphatic carbocycles. The number of ketones is 1. The zero-order chi connectivity index (χ0) is 15.9. The molecule has 0 aliphatic heterocycles. The Morgan fingerprint density at radius 2 is 1.95 bits per heavy atom. The lowest BCUT2D eigenvalue weighted by Crippen LogP contribution is -2.17. The van der Waals surface area contributed by atoms with Crippen molar-refractivity contribution in [2.45, 2.75) is 27.2 Å². The van der Waals surface area contributed by atoms with Crippen molar-refractivity contribution >= 4 is 17.4 Å². The number of carbonyl (C=O) groups is 2. The predicted octanol–water partition coefficient (Wildman–Crippen LogP) is 3.05. The molecule has 1 aromatic rings. The highest BCUT2D eigenvalue weighted by molar-refractivity contribution is 5.99. The first kappa shape index (κ1) is 17.7. The zero-order valence-electron chi connectivity index (χ0n) is 11.4. The number of non-ortho nitro benzene ring substituents is 1. The number of halogens is 1. The standard InChI is InChI=1S/C11H10FNO5.C2H6/c1-6(4-10(14)15)11(16)8-5-7(13(17)18)2-3-9(8)12;1-2/h2-3,5-6H,4H2,1H3,(H,14,15);1-2H3. The molecule has 0 spiro atoms. The molecule has 1 unspecified atom stereocenters. The molecule has 0 saturated carbocycles. The highest BCUT2D eigenvalue weighted by Crippen LogP contribution is 2.20. The molecule has 0 radical (unpaired) electrons. The second-order valence-electron chi connectivity index (χ2n) is 3.78. The van der Waals surface area contributed by atoms with Gasteiger partial charge in [-0.05, 0) is 6.07 Å². The van der Waals surface area contributed by atoms with Crippen LogP contribution in [0.1, 0.15) is 37.6 Å². The SMILES string of the molecule is CC.CC(CC(=O)O)C(=O)c1cc([N+](=O)[O-])ccc1F. The number of nitro groups is 1. The Balaban J connectivity index is 0.00000172. The number of carboxylic acids is 1. The number of carboxylic acid groups (broad SMARTS) is 1. The van der Waals surface area contributed by atoms with Gasteiger partial charge in [-0.25, -0.2) is 4.39 Å². The van der Waals surface area contributed by atoms with Gasteiger partial charge in [0.1, 0.15) is 5.82 Å². The minimum atomic E-state index is -1.19. The Bertz CT molecular complexity index is 515. The molecule has 0 fully saturated rings. The normalized spacial score (nSPS) is 11.0. The van der Waals surface area contributed by atoms with Crippen molar-refractivity contribution in [2.75, 3.05) is 0 Å². The van der Waals surface area contributed by atoms with E-state index in [1.165, 1.54) is 6.92 Å². The number of rotatable bonds is 5. The lowest BCUT2D eigenvalue weighted by molar-refractivity contribution is -0.384. The van der Waals surface area contributed by atoms with E-state index in [9.17, 15) is 24.1 Å². The Labute approximate surface area is 115 Å². The van der Waals surface area contributed by atoms with Crippen LogP contribution in [-0.4, -0.2) is 21.8 Å². The van der Waals surface area contributed by atoms with Gasteiger partial charge in [0.15, 0.2) is 5.78 Å². The fourth-order valence-electron chi connectivity index (χ4n) is 1.44. The maximum atomic E-state index is 13.4. The third-order valence-electron chi connectivity index (χ3n) is 2.35. The molecule has 1 rings (SSSR count). The highest BCUT2D eigenvalue weighted by atomic mass is 19.1. The fourth-order valence-corrected chi connectivity index (χ4v) is 1.44. The van der Waals surface area contributed by atoms with Crippen molar-refractivity contribution in [1.29, 1.82) is 0 Å². The molecule has 7 heteroatoms. The van der Waals surface area contributed by atoms with E-state index in [0.29, 0.717) is 0 Å². The van der Waals surface area contributed by atoms with E-state index in [1.54, 1.807) is 0 Å². The summed E-state index contributed by atoms with van der Waals surface area (Å²) in [6, 6.07) is 2.57. The van der Waals surface area contributed by atoms with Crippen LogP contribution in [0.2, 0.25) is 0 Å². The average Bonchev–Trinajstić information content (AvgIpc) is 2.39. The van der Waals surface area contributed by atoms with E-state index < -0.39 is 46.1 Å². The number of carbonyl (C=O) groups excluding carboxylic acids is 1. The first-order chi connectivity index (χ1) is 9.32. The molecular formula is C13H16FNO5. The predicted molar refractivity (Wildman–Crippen MR) is 70.1 cm³/mol. The van der Waals surface area contributed by atoms with Crippen LogP contribution in [0, 0.1) is 21.8 Å². The second kappa shape index (κ2) is 7.98. The molecule has 0 amide bonds. The zero-order valence-corrected chi connectivity index (χ0v) is 11.4. The molecule has 1 aromatic carbocycles. The lowest BCUT2D eigenvalue weighted by Gasteiger charge is -2.08. The summed E-state index contributed by atoms with van der Waals surface area (Å²) in [6.07, 6.45) is -0.457. The quantitative estimate of drug-likeness (QED) is 0.509. The minimum absolute atomic E-state index is 0.415. The molecule has 0 saturated heterocycles. The van der Waals surface area contributed by atoms with E-state index in [-0.39, 0.29) is 0 Å². The van der Waals surface area contributed by atoms with E-state index in [2.05, 4.69) is 0 Å². The molecule has 6 nitrogen and oxygen atoms in total. The third kappa shape index (κ3) is 4.75. The summed E-state index contributed by atoms with van der Waals surface area (Å²) in [5.74, 6) is -3.80. The van der Waals surface area contributed by atoms with Crippen LogP contribution in [0.3, 0.4) is 0 Å². The molecule has 0 aromatic heterocycles. The Morgan fingerprint density at radius 3 is 2.40 bits per heavy atom. The van der Waals surface area contributed by atoms with Gasteiger partial charge in [-0.15, -0.1) is 0 Å².